The fraction of sp³-hybridized carbons (Fsp3) is 0.375. The fourth-order valence-corrected chi connectivity index (χ4v) is 1.10. The third-order valence-corrected chi connectivity index (χ3v) is 1.93. The Morgan fingerprint density at radius 1 is 1.62 bits per heavy atom. The molecule has 5 nitrogen and oxygen atoms in total. The van der Waals surface area contributed by atoms with Crippen LogP contribution in [0, 0.1) is 10.1 Å². The Bertz CT molecular complexity index is 336. The molecule has 13 heavy (non-hydrogen) atoms. The van der Waals surface area contributed by atoms with E-state index in [2.05, 4.69) is 10.3 Å². The van der Waals surface area contributed by atoms with Gasteiger partial charge in [0.05, 0.1) is 4.92 Å². The van der Waals surface area contributed by atoms with Gasteiger partial charge < -0.3 is 5.32 Å². The van der Waals surface area contributed by atoms with E-state index in [9.17, 15) is 10.1 Å². The van der Waals surface area contributed by atoms with Gasteiger partial charge in [0.1, 0.15) is 11.9 Å². The van der Waals surface area contributed by atoms with E-state index in [0.29, 0.717) is 11.7 Å². The van der Waals surface area contributed by atoms with Gasteiger partial charge in [-0.15, -0.1) is 0 Å². The fourth-order valence-electron chi connectivity index (χ4n) is 1.10. The summed E-state index contributed by atoms with van der Waals surface area (Å²) >= 11 is 0. The van der Waals surface area contributed by atoms with E-state index in [1.807, 2.05) is 0 Å². The van der Waals surface area contributed by atoms with Gasteiger partial charge in [-0.25, -0.2) is 0 Å². The largest absolute Gasteiger partial charge is 0.377 e. The Morgan fingerprint density at radius 2 is 2.38 bits per heavy atom. The molecule has 68 valence electrons. The molecule has 0 aromatic carbocycles. The van der Waals surface area contributed by atoms with Gasteiger partial charge in [-0.1, -0.05) is 0 Å². The van der Waals surface area contributed by atoms with Crippen LogP contribution >= 0.6 is 0 Å². The third-order valence-electron chi connectivity index (χ3n) is 1.93. The minimum atomic E-state index is -0.419. The number of hydrogen-bond acceptors (Lipinski definition) is 4. The number of hydrogen-bond donors (Lipinski definition) is 1. The van der Waals surface area contributed by atoms with Gasteiger partial charge in [0.15, 0.2) is 0 Å². The van der Waals surface area contributed by atoms with Crippen molar-refractivity contribution in [1.29, 1.82) is 0 Å². The van der Waals surface area contributed by atoms with Crippen LogP contribution in [-0.4, -0.2) is 15.9 Å². The minimum absolute atomic E-state index is 0.0504. The number of anilines is 1. The smallest absolute Gasteiger partial charge is 0.310 e. The highest BCUT2D eigenvalue weighted by Gasteiger charge is 2.24. The van der Waals surface area contributed by atoms with E-state index >= 15 is 0 Å². The molecule has 2 rings (SSSR count). The summed E-state index contributed by atoms with van der Waals surface area (Å²) < 4.78 is 0. The lowest BCUT2D eigenvalue weighted by Gasteiger charge is -2.03. The molecule has 0 aliphatic heterocycles. The zero-order valence-electron chi connectivity index (χ0n) is 6.93. The first-order valence-corrected chi connectivity index (χ1v) is 4.12. The summed E-state index contributed by atoms with van der Waals surface area (Å²) in [7, 11) is 0. The molecular formula is C8H9N3O2. The van der Waals surface area contributed by atoms with Crippen molar-refractivity contribution in [3.63, 3.8) is 0 Å². The minimum Gasteiger partial charge on any atom is -0.377 e. The molecule has 1 aliphatic rings. The van der Waals surface area contributed by atoms with E-state index in [4.69, 9.17) is 0 Å². The van der Waals surface area contributed by atoms with Crippen molar-refractivity contribution in [2.75, 3.05) is 5.32 Å². The average molecular weight is 179 g/mol. The molecule has 1 fully saturated rings. The summed E-state index contributed by atoms with van der Waals surface area (Å²) in [5.74, 6) is 0. The lowest BCUT2D eigenvalue weighted by molar-refractivity contribution is -0.384. The Morgan fingerprint density at radius 3 is 3.00 bits per heavy atom. The maximum Gasteiger partial charge on any atom is 0.310 e. The number of aromatic nitrogens is 1. The predicted molar refractivity (Wildman–Crippen MR) is 47.5 cm³/mol. The van der Waals surface area contributed by atoms with Crippen LogP contribution in [-0.2, 0) is 0 Å². The SMILES string of the molecule is O=[N+]([O-])c1cnccc1NC1CC1. The molecule has 0 unspecified atom stereocenters. The molecule has 1 saturated carbocycles. The summed E-state index contributed by atoms with van der Waals surface area (Å²) in [4.78, 5) is 13.8. The topological polar surface area (TPSA) is 68.1 Å². The normalized spacial score (nSPS) is 15.4. The van der Waals surface area contributed by atoms with Gasteiger partial charge in [0, 0.05) is 12.2 Å². The van der Waals surface area contributed by atoms with Crippen molar-refractivity contribution in [1.82, 2.24) is 4.98 Å². The highest BCUT2D eigenvalue weighted by molar-refractivity contribution is 5.60. The van der Waals surface area contributed by atoms with Crippen molar-refractivity contribution in [2.45, 2.75) is 18.9 Å². The second kappa shape index (κ2) is 3.01. The average Bonchev–Trinajstić information content (AvgIpc) is 2.89. The molecule has 0 saturated heterocycles. The summed E-state index contributed by atoms with van der Waals surface area (Å²) in [5.41, 5.74) is 0.622. The van der Waals surface area contributed by atoms with E-state index in [0.717, 1.165) is 12.8 Å². The quantitative estimate of drug-likeness (QED) is 0.564. The monoisotopic (exact) mass is 179 g/mol. The highest BCUT2D eigenvalue weighted by atomic mass is 16.6. The Balaban J connectivity index is 2.25. The Kier molecular flexibility index (Phi) is 1.84. The second-order valence-corrected chi connectivity index (χ2v) is 3.07. The molecule has 0 radical (unpaired) electrons. The maximum absolute atomic E-state index is 10.5. The number of nitrogens with one attached hydrogen (secondary N) is 1. The van der Waals surface area contributed by atoms with Gasteiger partial charge in [-0.3, -0.25) is 15.1 Å². The van der Waals surface area contributed by atoms with Crippen LogP contribution in [0.15, 0.2) is 18.5 Å². The van der Waals surface area contributed by atoms with Gasteiger partial charge in [-0.05, 0) is 18.9 Å². The molecular weight excluding hydrogens is 170 g/mol. The number of nitro groups is 1. The molecule has 0 amide bonds. The number of pyridine rings is 1. The van der Waals surface area contributed by atoms with Crippen molar-refractivity contribution >= 4 is 11.4 Å². The van der Waals surface area contributed by atoms with Crippen molar-refractivity contribution in [3.05, 3.63) is 28.6 Å². The van der Waals surface area contributed by atoms with Crippen molar-refractivity contribution < 1.29 is 4.92 Å². The molecule has 1 aliphatic carbocycles. The Labute approximate surface area is 74.9 Å². The maximum atomic E-state index is 10.5. The standard InChI is InChI=1S/C8H9N3O2/c12-11(13)8-5-9-4-3-7(8)10-6-1-2-6/h3-6H,1-2H2,(H,9,10). The lowest BCUT2D eigenvalue weighted by atomic mass is 10.3. The first-order valence-electron chi connectivity index (χ1n) is 4.12. The highest BCUT2D eigenvalue weighted by Crippen LogP contribution is 2.29. The second-order valence-electron chi connectivity index (χ2n) is 3.07. The van der Waals surface area contributed by atoms with E-state index in [1.165, 1.54) is 6.20 Å². The van der Waals surface area contributed by atoms with E-state index in [-0.39, 0.29) is 5.69 Å². The van der Waals surface area contributed by atoms with Crippen LogP contribution in [0.2, 0.25) is 0 Å². The van der Waals surface area contributed by atoms with Crippen LogP contribution in [0.1, 0.15) is 12.8 Å². The molecule has 0 bridgehead atoms. The summed E-state index contributed by atoms with van der Waals surface area (Å²) in [6, 6.07) is 2.05. The first-order chi connectivity index (χ1) is 6.27. The van der Waals surface area contributed by atoms with Gasteiger partial charge in [0.25, 0.3) is 0 Å². The molecule has 1 N–H and O–H groups in total. The van der Waals surface area contributed by atoms with Gasteiger partial charge in [0.2, 0.25) is 0 Å². The molecule has 1 aromatic rings. The predicted octanol–water partition coefficient (Wildman–Crippen LogP) is 1.56. The summed E-state index contributed by atoms with van der Waals surface area (Å²) in [6.45, 7) is 0. The molecule has 1 heterocycles. The summed E-state index contributed by atoms with van der Waals surface area (Å²) in [6.07, 6.45) is 5.02. The zero-order chi connectivity index (χ0) is 9.26. The lowest BCUT2D eigenvalue weighted by Crippen LogP contribution is -2.04. The Hall–Kier alpha value is -1.65. The van der Waals surface area contributed by atoms with Crippen molar-refractivity contribution in [3.8, 4) is 0 Å². The molecule has 0 atom stereocenters. The van der Waals surface area contributed by atoms with E-state index < -0.39 is 4.92 Å². The van der Waals surface area contributed by atoms with Crippen molar-refractivity contribution in [2.24, 2.45) is 0 Å². The first kappa shape index (κ1) is 7.97. The van der Waals surface area contributed by atoms with Crippen LogP contribution in [0.3, 0.4) is 0 Å². The molecule has 5 heteroatoms. The van der Waals surface area contributed by atoms with Gasteiger partial charge in [-0.2, -0.15) is 0 Å². The van der Waals surface area contributed by atoms with Crippen LogP contribution in [0.4, 0.5) is 11.4 Å². The van der Waals surface area contributed by atoms with Crippen LogP contribution in [0.5, 0.6) is 0 Å². The van der Waals surface area contributed by atoms with Crippen LogP contribution in [0.25, 0.3) is 0 Å². The number of rotatable bonds is 3. The van der Waals surface area contributed by atoms with Gasteiger partial charge >= 0.3 is 5.69 Å². The molecule has 0 spiro atoms. The van der Waals surface area contributed by atoms with Crippen LogP contribution < -0.4 is 5.32 Å². The number of nitrogens with zero attached hydrogens (tertiary/aromatic N) is 2. The molecule has 1 aromatic heterocycles. The zero-order valence-corrected chi connectivity index (χ0v) is 6.93. The summed E-state index contributed by atoms with van der Waals surface area (Å²) in [5, 5.41) is 13.6. The third kappa shape index (κ3) is 1.74. The van der Waals surface area contributed by atoms with E-state index in [1.54, 1.807) is 12.3 Å².